The molecule has 2 aliphatic rings. The third-order valence-electron chi connectivity index (χ3n) is 3.78. The highest BCUT2D eigenvalue weighted by Gasteiger charge is 2.25. The van der Waals surface area contributed by atoms with Crippen molar-refractivity contribution in [3.8, 4) is 0 Å². The molecule has 1 aliphatic carbocycles. The van der Waals surface area contributed by atoms with Crippen molar-refractivity contribution < 1.29 is 9.53 Å². The van der Waals surface area contributed by atoms with E-state index in [0.29, 0.717) is 6.04 Å². The van der Waals surface area contributed by atoms with Crippen LogP contribution in [0.2, 0.25) is 0 Å². The number of amides is 1. The van der Waals surface area contributed by atoms with Crippen LogP contribution in [0.1, 0.15) is 39.5 Å². The van der Waals surface area contributed by atoms with E-state index in [-0.39, 0.29) is 31.0 Å². The fourth-order valence-corrected chi connectivity index (χ4v) is 2.32. The predicted octanol–water partition coefficient (Wildman–Crippen LogP) is 1.82. The third-order valence-corrected chi connectivity index (χ3v) is 3.78. The molecule has 2 fully saturated rings. The molecule has 19 heavy (non-hydrogen) atoms. The van der Waals surface area contributed by atoms with Gasteiger partial charge in [0.2, 0.25) is 5.91 Å². The van der Waals surface area contributed by atoms with E-state index in [1.54, 1.807) is 0 Å². The van der Waals surface area contributed by atoms with Crippen molar-refractivity contribution in [2.45, 2.75) is 51.7 Å². The fourth-order valence-electron chi connectivity index (χ4n) is 2.32. The molecule has 112 valence electrons. The molecule has 1 saturated carbocycles. The molecule has 0 radical (unpaired) electrons. The number of carbonyl (C=O) groups is 1. The molecule has 1 saturated heterocycles. The summed E-state index contributed by atoms with van der Waals surface area (Å²) in [6, 6.07) is 0.612. The minimum absolute atomic E-state index is 0. The SMILES string of the molecule is CC(C)OCC(=O)N1CCC(NCC2CC2)CC1.Cl. The molecule has 1 heterocycles. The minimum atomic E-state index is 0. The second-order valence-corrected chi connectivity index (χ2v) is 5.87. The van der Waals surface area contributed by atoms with Gasteiger partial charge in [0.15, 0.2) is 0 Å². The summed E-state index contributed by atoms with van der Waals surface area (Å²) in [6.45, 7) is 7.08. The van der Waals surface area contributed by atoms with Crippen LogP contribution in [0.5, 0.6) is 0 Å². The van der Waals surface area contributed by atoms with E-state index in [4.69, 9.17) is 4.74 Å². The summed E-state index contributed by atoms with van der Waals surface area (Å²) in [7, 11) is 0. The number of rotatable bonds is 6. The number of hydrogen-bond donors (Lipinski definition) is 1. The van der Waals surface area contributed by atoms with E-state index < -0.39 is 0 Å². The Hall–Kier alpha value is -0.320. The first-order chi connectivity index (χ1) is 8.65. The topological polar surface area (TPSA) is 41.6 Å². The first-order valence-corrected chi connectivity index (χ1v) is 7.28. The van der Waals surface area contributed by atoms with E-state index >= 15 is 0 Å². The maximum absolute atomic E-state index is 11.9. The Bertz CT molecular complexity index is 275. The zero-order valence-electron chi connectivity index (χ0n) is 12.1. The predicted molar refractivity (Wildman–Crippen MR) is 78.7 cm³/mol. The number of nitrogens with one attached hydrogen (secondary N) is 1. The van der Waals surface area contributed by atoms with Gasteiger partial charge < -0.3 is 15.0 Å². The molecule has 0 spiro atoms. The molecule has 1 amide bonds. The van der Waals surface area contributed by atoms with E-state index in [1.165, 1.54) is 19.4 Å². The van der Waals surface area contributed by atoms with Gasteiger partial charge in [-0.2, -0.15) is 0 Å². The van der Waals surface area contributed by atoms with Gasteiger partial charge in [-0.15, -0.1) is 12.4 Å². The largest absolute Gasteiger partial charge is 0.369 e. The zero-order chi connectivity index (χ0) is 13.0. The maximum Gasteiger partial charge on any atom is 0.248 e. The molecule has 0 bridgehead atoms. The number of ether oxygens (including phenoxy) is 1. The minimum Gasteiger partial charge on any atom is -0.369 e. The summed E-state index contributed by atoms with van der Waals surface area (Å²) in [4.78, 5) is 13.8. The molecule has 0 unspecified atom stereocenters. The molecule has 0 aromatic heterocycles. The Kier molecular flexibility index (Phi) is 7.11. The molecule has 2 rings (SSSR count). The first-order valence-electron chi connectivity index (χ1n) is 7.28. The van der Waals surface area contributed by atoms with E-state index in [9.17, 15) is 4.79 Å². The monoisotopic (exact) mass is 290 g/mol. The molecular weight excluding hydrogens is 264 g/mol. The lowest BCUT2D eigenvalue weighted by Gasteiger charge is -2.32. The quantitative estimate of drug-likeness (QED) is 0.811. The van der Waals surface area contributed by atoms with Crippen LogP contribution in [-0.4, -0.2) is 49.2 Å². The van der Waals surface area contributed by atoms with Gasteiger partial charge >= 0.3 is 0 Å². The van der Waals surface area contributed by atoms with Gasteiger partial charge in [-0.25, -0.2) is 0 Å². The van der Waals surface area contributed by atoms with Crippen LogP contribution in [0.3, 0.4) is 0 Å². The van der Waals surface area contributed by atoms with Gasteiger partial charge in [0.1, 0.15) is 6.61 Å². The van der Waals surface area contributed by atoms with Crippen LogP contribution in [0.15, 0.2) is 0 Å². The van der Waals surface area contributed by atoms with Crippen molar-refractivity contribution in [2.24, 2.45) is 5.92 Å². The normalized spacial score (nSPS) is 20.5. The van der Waals surface area contributed by atoms with Gasteiger partial charge in [-0.1, -0.05) is 0 Å². The van der Waals surface area contributed by atoms with Crippen molar-refractivity contribution in [3.05, 3.63) is 0 Å². The van der Waals surface area contributed by atoms with Gasteiger partial charge in [-0.05, 0) is 52.0 Å². The maximum atomic E-state index is 11.9. The average Bonchev–Trinajstić information content (AvgIpc) is 3.18. The van der Waals surface area contributed by atoms with Crippen molar-refractivity contribution in [1.29, 1.82) is 0 Å². The van der Waals surface area contributed by atoms with Crippen LogP contribution in [-0.2, 0) is 9.53 Å². The van der Waals surface area contributed by atoms with Gasteiger partial charge in [0.25, 0.3) is 0 Å². The number of likely N-dealkylation sites (tertiary alicyclic amines) is 1. The Morgan fingerprint density at radius 3 is 2.42 bits per heavy atom. The smallest absolute Gasteiger partial charge is 0.248 e. The molecule has 1 N–H and O–H groups in total. The molecule has 0 atom stereocenters. The molecule has 4 nitrogen and oxygen atoms in total. The van der Waals surface area contributed by atoms with Crippen molar-refractivity contribution in [2.75, 3.05) is 26.2 Å². The Morgan fingerprint density at radius 1 is 1.26 bits per heavy atom. The number of carbonyl (C=O) groups excluding carboxylic acids is 1. The van der Waals surface area contributed by atoms with Crippen molar-refractivity contribution in [3.63, 3.8) is 0 Å². The lowest BCUT2D eigenvalue weighted by Crippen LogP contribution is -2.46. The fraction of sp³-hybridized carbons (Fsp3) is 0.929. The lowest BCUT2D eigenvalue weighted by atomic mass is 10.0. The highest BCUT2D eigenvalue weighted by atomic mass is 35.5. The van der Waals surface area contributed by atoms with Crippen LogP contribution in [0.25, 0.3) is 0 Å². The van der Waals surface area contributed by atoms with Crippen LogP contribution in [0.4, 0.5) is 0 Å². The molecular formula is C14H27ClN2O2. The number of nitrogens with zero attached hydrogens (tertiary/aromatic N) is 1. The Labute approximate surface area is 122 Å². The summed E-state index contributed by atoms with van der Waals surface area (Å²) in [6.07, 6.45) is 5.10. The highest BCUT2D eigenvalue weighted by Crippen LogP contribution is 2.28. The van der Waals surface area contributed by atoms with Gasteiger partial charge in [-0.3, -0.25) is 4.79 Å². The average molecular weight is 291 g/mol. The second-order valence-electron chi connectivity index (χ2n) is 5.87. The van der Waals surface area contributed by atoms with Crippen LogP contribution < -0.4 is 5.32 Å². The number of halogens is 1. The third kappa shape index (κ3) is 6.11. The Morgan fingerprint density at radius 2 is 1.89 bits per heavy atom. The summed E-state index contributed by atoms with van der Waals surface area (Å²) in [5, 5.41) is 3.62. The van der Waals surface area contributed by atoms with Crippen molar-refractivity contribution in [1.82, 2.24) is 10.2 Å². The van der Waals surface area contributed by atoms with E-state index in [2.05, 4.69) is 5.32 Å². The molecule has 0 aromatic carbocycles. The summed E-state index contributed by atoms with van der Waals surface area (Å²) in [5.41, 5.74) is 0. The van der Waals surface area contributed by atoms with Gasteiger partial charge in [0.05, 0.1) is 6.10 Å². The second kappa shape index (κ2) is 8.08. The number of piperidine rings is 1. The van der Waals surface area contributed by atoms with E-state index in [1.807, 2.05) is 18.7 Å². The van der Waals surface area contributed by atoms with E-state index in [0.717, 1.165) is 31.8 Å². The highest BCUT2D eigenvalue weighted by molar-refractivity contribution is 5.85. The zero-order valence-corrected chi connectivity index (χ0v) is 12.9. The standard InChI is InChI=1S/C14H26N2O2.ClH/c1-11(2)18-10-14(17)16-7-5-13(6-8-16)15-9-12-3-4-12;/h11-13,15H,3-10H2,1-2H3;1H. The lowest BCUT2D eigenvalue weighted by molar-refractivity contribution is -0.138. The molecule has 1 aliphatic heterocycles. The summed E-state index contributed by atoms with van der Waals surface area (Å²) < 4.78 is 5.36. The molecule has 0 aromatic rings. The first kappa shape index (κ1) is 16.7. The van der Waals surface area contributed by atoms with Crippen LogP contribution in [0, 0.1) is 5.92 Å². The Balaban J connectivity index is 0.00000180. The van der Waals surface area contributed by atoms with Crippen molar-refractivity contribution >= 4 is 18.3 Å². The number of hydrogen-bond acceptors (Lipinski definition) is 3. The summed E-state index contributed by atoms with van der Waals surface area (Å²) >= 11 is 0. The van der Waals surface area contributed by atoms with Gasteiger partial charge in [0, 0.05) is 19.1 Å². The van der Waals surface area contributed by atoms with Crippen LogP contribution >= 0.6 is 12.4 Å². The molecule has 5 heteroatoms. The summed E-state index contributed by atoms with van der Waals surface area (Å²) in [5.74, 6) is 1.08.